The number of ether oxygens (including phenoxy) is 1. The van der Waals surface area contributed by atoms with Gasteiger partial charge in [-0.05, 0) is 24.3 Å². The summed E-state index contributed by atoms with van der Waals surface area (Å²) in [6.07, 6.45) is 1.52. The number of carbonyl (C=O) groups is 1. The van der Waals surface area contributed by atoms with Crippen LogP contribution in [0.25, 0.3) is 11.0 Å². The minimum Gasteiger partial charge on any atom is -0.484 e. The number of imidazole rings is 1. The molecule has 21 heavy (non-hydrogen) atoms. The minimum absolute atomic E-state index is 0.212. The van der Waals surface area contributed by atoms with Gasteiger partial charge in [0.05, 0.1) is 11.0 Å². The summed E-state index contributed by atoms with van der Waals surface area (Å²) in [5.74, 6) is -0.462. The van der Waals surface area contributed by atoms with Crippen molar-refractivity contribution in [3.05, 3.63) is 60.7 Å². The number of hydrogen-bond acceptors (Lipinski definition) is 3. The van der Waals surface area contributed by atoms with E-state index in [1.54, 1.807) is 6.07 Å². The third-order valence-electron chi connectivity index (χ3n) is 2.86. The Balaban J connectivity index is 1.64. The molecule has 0 aliphatic rings. The Morgan fingerprint density at radius 1 is 1.24 bits per heavy atom. The second-order valence-electron chi connectivity index (χ2n) is 4.38. The van der Waals surface area contributed by atoms with Crippen molar-refractivity contribution in [1.29, 1.82) is 0 Å². The molecular formula is C15H12FN3O2. The highest BCUT2D eigenvalue weighted by Gasteiger charge is 2.07. The SMILES string of the molecule is O=C(COc1cccc(F)c1)Nn1cnc2ccccc21. The van der Waals surface area contributed by atoms with Crippen molar-refractivity contribution in [2.24, 2.45) is 0 Å². The van der Waals surface area contributed by atoms with Crippen LogP contribution in [0.5, 0.6) is 5.75 Å². The molecule has 0 fully saturated rings. The smallest absolute Gasteiger partial charge is 0.276 e. The van der Waals surface area contributed by atoms with E-state index in [-0.39, 0.29) is 12.5 Å². The average Bonchev–Trinajstić information content (AvgIpc) is 2.89. The predicted molar refractivity (Wildman–Crippen MR) is 76.0 cm³/mol. The molecule has 0 spiro atoms. The number of carbonyl (C=O) groups excluding carboxylic acids is 1. The molecule has 0 saturated heterocycles. The van der Waals surface area contributed by atoms with Gasteiger partial charge in [0, 0.05) is 6.07 Å². The summed E-state index contributed by atoms with van der Waals surface area (Å²) in [5.41, 5.74) is 4.22. The number of benzene rings is 2. The number of para-hydroxylation sites is 2. The maximum Gasteiger partial charge on any atom is 0.276 e. The second-order valence-corrected chi connectivity index (χ2v) is 4.38. The Bertz CT molecular complexity index is 785. The van der Waals surface area contributed by atoms with Crippen LogP contribution in [0.15, 0.2) is 54.9 Å². The minimum atomic E-state index is -0.409. The molecule has 0 unspecified atom stereocenters. The molecule has 3 aromatic rings. The first kappa shape index (κ1) is 13.1. The summed E-state index contributed by atoms with van der Waals surface area (Å²) < 4.78 is 19.7. The van der Waals surface area contributed by atoms with Crippen molar-refractivity contribution in [3.63, 3.8) is 0 Å². The van der Waals surface area contributed by atoms with Gasteiger partial charge < -0.3 is 4.74 Å². The monoisotopic (exact) mass is 285 g/mol. The summed E-state index contributed by atoms with van der Waals surface area (Å²) in [4.78, 5) is 16.0. The molecule has 6 heteroatoms. The van der Waals surface area contributed by atoms with Crippen LogP contribution in [-0.2, 0) is 4.79 Å². The van der Waals surface area contributed by atoms with Gasteiger partial charge in [0.2, 0.25) is 0 Å². The molecule has 0 saturated carbocycles. The summed E-state index contributed by atoms with van der Waals surface area (Å²) in [5, 5.41) is 0. The van der Waals surface area contributed by atoms with Crippen LogP contribution in [0.2, 0.25) is 0 Å². The van der Waals surface area contributed by atoms with Crippen molar-refractivity contribution in [2.45, 2.75) is 0 Å². The molecule has 1 aromatic heterocycles. The highest BCUT2D eigenvalue weighted by atomic mass is 19.1. The molecule has 0 bridgehead atoms. The number of halogens is 1. The van der Waals surface area contributed by atoms with Gasteiger partial charge in [-0.2, -0.15) is 0 Å². The molecule has 3 rings (SSSR count). The first-order valence-electron chi connectivity index (χ1n) is 6.33. The van der Waals surface area contributed by atoms with Crippen molar-refractivity contribution >= 4 is 16.9 Å². The Morgan fingerprint density at radius 2 is 2.10 bits per heavy atom. The highest BCUT2D eigenvalue weighted by molar-refractivity contribution is 5.87. The summed E-state index contributed by atoms with van der Waals surface area (Å²) in [6, 6.07) is 13.1. The lowest BCUT2D eigenvalue weighted by Crippen LogP contribution is -2.27. The third kappa shape index (κ3) is 3.00. The van der Waals surface area contributed by atoms with Gasteiger partial charge in [0.15, 0.2) is 6.61 Å². The summed E-state index contributed by atoms with van der Waals surface area (Å²) >= 11 is 0. The number of amides is 1. The topological polar surface area (TPSA) is 56.1 Å². The zero-order chi connectivity index (χ0) is 14.7. The number of rotatable bonds is 4. The molecule has 0 radical (unpaired) electrons. The second kappa shape index (κ2) is 5.62. The van der Waals surface area contributed by atoms with Crippen LogP contribution in [0, 0.1) is 5.82 Å². The van der Waals surface area contributed by atoms with E-state index < -0.39 is 5.82 Å². The lowest BCUT2D eigenvalue weighted by atomic mass is 10.3. The standard InChI is InChI=1S/C15H12FN3O2/c16-11-4-3-5-12(8-11)21-9-15(20)18-19-10-17-13-6-1-2-7-14(13)19/h1-8,10H,9H2,(H,18,20). The van der Waals surface area contributed by atoms with Crippen molar-refractivity contribution < 1.29 is 13.9 Å². The van der Waals surface area contributed by atoms with E-state index in [0.29, 0.717) is 5.75 Å². The van der Waals surface area contributed by atoms with E-state index >= 15 is 0 Å². The number of aromatic nitrogens is 2. The molecule has 2 aromatic carbocycles. The first-order chi connectivity index (χ1) is 10.2. The molecule has 1 amide bonds. The fourth-order valence-corrected chi connectivity index (χ4v) is 1.92. The lowest BCUT2D eigenvalue weighted by molar-refractivity contribution is -0.119. The largest absolute Gasteiger partial charge is 0.484 e. The fraction of sp³-hybridized carbons (Fsp3) is 0.0667. The van der Waals surface area contributed by atoms with E-state index in [0.717, 1.165) is 11.0 Å². The van der Waals surface area contributed by atoms with Gasteiger partial charge in [0.1, 0.15) is 17.9 Å². The molecule has 0 aliphatic heterocycles. The average molecular weight is 285 g/mol. The Labute approximate surface area is 119 Å². The predicted octanol–water partition coefficient (Wildman–Crippen LogP) is 2.32. The van der Waals surface area contributed by atoms with E-state index in [2.05, 4.69) is 10.4 Å². The van der Waals surface area contributed by atoms with Gasteiger partial charge in [-0.25, -0.2) is 14.1 Å². The quantitative estimate of drug-likeness (QED) is 0.800. The highest BCUT2D eigenvalue weighted by Crippen LogP contribution is 2.12. The Morgan fingerprint density at radius 3 is 2.95 bits per heavy atom. The van der Waals surface area contributed by atoms with Gasteiger partial charge >= 0.3 is 0 Å². The normalized spacial score (nSPS) is 10.5. The van der Waals surface area contributed by atoms with Crippen LogP contribution in [0.1, 0.15) is 0 Å². The zero-order valence-electron chi connectivity index (χ0n) is 11.0. The Kier molecular flexibility index (Phi) is 3.51. The summed E-state index contributed by atoms with van der Waals surface area (Å²) in [7, 11) is 0. The van der Waals surface area contributed by atoms with Crippen LogP contribution in [-0.4, -0.2) is 22.2 Å². The lowest BCUT2D eigenvalue weighted by Gasteiger charge is -2.08. The van der Waals surface area contributed by atoms with E-state index in [4.69, 9.17) is 4.74 Å². The molecule has 1 heterocycles. The summed E-state index contributed by atoms with van der Waals surface area (Å²) in [6.45, 7) is -0.212. The maximum atomic E-state index is 13.0. The van der Waals surface area contributed by atoms with E-state index in [1.165, 1.54) is 29.2 Å². The van der Waals surface area contributed by atoms with E-state index in [9.17, 15) is 9.18 Å². The van der Waals surface area contributed by atoms with Gasteiger partial charge in [-0.3, -0.25) is 10.2 Å². The van der Waals surface area contributed by atoms with Crippen LogP contribution in [0.4, 0.5) is 4.39 Å². The first-order valence-corrected chi connectivity index (χ1v) is 6.33. The van der Waals surface area contributed by atoms with Crippen molar-refractivity contribution in [2.75, 3.05) is 12.0 Å². The van der Waals surface area contributed by atoms with Gasteiger partial charge in [-0.1, -0.05) is 18.2 Å². The molecule has 0 atom stereocenters. The molecule has 1 N–H and O–H groups in total. The molecule has 0 aliphatic carbocycles. The fourth-order valence-electron chi connectivity index (χ4n) is 1.92. The van der Waals surface area contributed by atoms with Crippen LogP contribution in [0.3, 0.4) is 0 Å². The van der Waals surface area contributed by atoms with Gasteiger partial charge in [-0.15, -0.1) is 0 Å². The molecular weight excluding hydrogens is 273 g/mol. The van der Waals surface area contributed by atoms with E-state index in [1.807, 2.05) is 24.3 Å². The van der Waals surface area contributed by atoms with Crippen molar-refractivity contribution in [1.82, 2.24) is 9.66 Å². The number of nitrogens with one attached hydrogen (secondary N) is 1. The van der Waals surface area contributed by atoms with Gasteiger partial charge in [0.25, 0.3) is 5.91 Å². The zero-order valence-corrected chi connectivity index (χ0v) is 11.0. The third-order valence-corrected chi connectivity index (χ3v) is 2.86. The Hall–Kier alpha value is -2.89. The number of fused-ring (bicyclic) bond motifs is 1. The number of nitrogens with zero attached hydrogens (tertiary/aromatic N) is 2. The van der Waals surface area contributed by atoms with Crippen LogP contribution < -0.4 is 10.2 Å². The molecule has 106 valence electrons. The maximum absolute atomic E-state index is 13.0. The van der Waals surface area contributed by atoms with Crippen LogP contribution >= 0.6 is 0 Å². The van der Waals surface area contributed by atoms with Crippen molar-refractivity contribution in [3.8, 4) is 5.75 Å². The molecule has 5 nitrogen and oxygen atoms in total. The number of hydrogen-bond donors (Lipinski definition) is 1.